The van der Waals surface area contributed by atoms with Gasteiger partial charge in [-0.15, -0.1) is 11.8 Å². The number of amides is 1. The summed E-state index contributed by atoms with van der Waals surface area (Å²) in [5.74, 6) is -1.62. The number of benzene rings is 2. The van der Waals surface area contributed by atoms with Gasteiger partial charge in [0.05, 0.1) is 10.8 Å². The summed E-state index contributed by atoms with van der Waals surface area (Å²) in [6.07, 6.45) is 1.69. The highest BCUT2D eigenvalue weighted by atomic mass is 35.5. The number of carboxylic acid groups (broad SMARTS) is 1. The van der Waals surface area contributed by atoms with Crippen LogP contribution >= 0.6 is 23.4 Å². The molecule has 0 unspecified atom stereocenters. The van der Waals surface area contributed by atoms with Crippen LogP contribution in [0.4, 0.5) is 5.69 Å². The molecule has 0 aliphatic rings. The van der Waals surface area contributed by atoms with Gasteiger partial charge in [-0.2, -0.15) is 0 Å². The summed E-state index contributed by atoms with van der Waals surface area (Å²) >= 11 is 7.33. The van der Waals surface area contributed by atoms with E-state index in [1.54, 1.807) is 42.5 Å². The zero-order chi connectivity index (χ0) is 18.2. The Balaban J connectivity index is 1.97. The van der Waals surface area contributed by atoms with Crippen LogP contribution in [0.2, 0.25) is 5.02 Å². The van der Waals surface area contributed by atoms with Crippen molar-refractivity contribution in [2.24, 2.45) is 0 Å². The third-order valence-corrected chi connectivity index (χ3v) is 4.35. The first-order valence-corrected chi connectivity index (χ1v) is 8.54. The summed E-state index contributed by atoms with van der Waals surface area (Å²) in [6.45, 7) is 0. The SMILES string of the molecule is O=C(O)/C=C/C(=O)Nc1cccc(SCC(=O)c2ccccc2Cl)c1. The molecule has 7 heteroatoms. The van der Waals surface area contributed by atoms with Crippen LogP contribution in [-0.4, -0.2) is 28.5 Å². The molecule has 25 heavy (non-hydrogen) atoms. The summed E-state index contributed by atoms with van der Waals surface area (Å²) in [5, 5.41) is 11.5. The Labute approximate surface area is 153 Å². The van der Waals surface area contributed by atoms with Gasteiger partial charge in [0.15, 0.2) is 5.78 Å². The highest BCUT2D eigenvalue weighted by Gasteiger charge is 2.10. The van der Waals surface area contributed by atoms with Crippen molar-refractivity contribution in [2.45, 2.75) is 4.90 Å². The first-order valence-electron chi connectivity index (χ1n) is 7.18. The van der Waals surface area contributed by atoms with Crippen LogP contribution in [0, 0.1) is 0 Å². The van der Waals surface area contributed by atoms with E-state index in [1.165, 1.54) is 11.8 Å². The molecule has 128 valence electrons. The minimum absolute atomic E-state index is 0.0885. The van der Waals surface area contributed by atoms with Crippen molar-refractivity contribution in [1.82, 2.24) is 0 Å². The van der Waals surface area contributed by atoms with Crippen LogP contribution in [0.1, 0.15) is 10.4 Å². The Bertz CT molecular complexity index is 835. The fourth-order valence-corrected chi connectivity index (χ4v) is 2.99. The summed E-state index contributed by atoms with van der Waals surface area (Å²) in [6, 6.07) is 13.8. The summed E-state index contributed by atoms with van der Waals surface area (Å²) < 4.78 is 0. The molecule has 0 heterocycles. The van der Waals surface area contributed by atoms with E-state index in [-0.39, 0.29) is 11.5 Å². The third kappa shape index (κ3) is 6.10. The second-order valence-corrected chi connectivity index (χ2v) is 6.34. The lowest BCUT2D eigenvalue weighted by Gasteiger charge is -2.06. The Morgan fingerprint density at radius 2 is 1.84 bits per heavy atom. The van der Waals surface area contributed by atoms with Crippen molar-refractivity contribution in [1.29, 1.82) is 0 Å². The van der Waals surface area contributed by atoms with Crippen molar-refractivity contribution in [3.05, 3.63) is 71.3 Å². The number of thioether (sulfide) groups is 1. The molecule has 0 bridgehead atoms. The number of Topliss-reactive ketones (excluding diaryl/α,β-unsaturated/α-hetero) is 1. The standard InChI is InChI=1S/C18H14ClNO4S/c19-15-7-2-1-6-14(15)16(21)11-25-13-5-3-4-12(10-13)20-17(22)8-9-18(23)24/h1-10H,11H2,(H,20,22)(H,23,24)/b9-8+. The molecular weight excluding hydrogens is 362 g/mol. The number of carbonyl (C=O) groups is 3. The summed E-state index contributed by atoms with van der Waals surface area (Å²) in [5.41, 5.74) is 0.982. The molecule has 5 nitrogen and oxygen atoms in total. The van der Waals surface area contributed by atoms with E-state index in [1.807, 2.05) is 6.07 Å². The quantitative estimate of drug-likeness (QED) is 0.435. The maximum Gasteiger partial charge on any atom is 0.328 e. The van der Waals surface area contributed by atoms with Gasteiger partial charge < -0.3 is 10.4 Å². The topological polar surface area (TPSA) is 83.5 Å². The highest BCUT2D eigenvalue weighted by Crippen LogP contribution is 2.24. The van der Waals surface area contributed by atoms with Gasteiger partial charge in [0.1, 0.15) is 0 Å². The molecule has 0 fully saturated rings. The minimum Gasteiger partial charge on any atom is -0.478 e. The number of ketones is 1. The normalized spacial score (nSPS) is 10.6. The maximum atomic E-state index is 12.2. The number of carboxylic acids is 1. The van der Waals surface area contributed by atoms with Gasteiger partial charge in [-0.05, 0) is 30.3 Å². The molecule has 1 amide bonds. The molecule has 0 saturated heterocycles. The lowest BCUT2D eigenvalue weighted by molar-refractivity contribution is -0.131. The molecule has 0 aliphatic carbocycles. The van der Waals surface area contributed by atoms with Crippen LogP contribution in [0.25, 0.3) is 0 Å². The van der Waals surface area contributed by atoms with Crippen molar-refractivity contribution in [3.63, 3.8) is 0 Å². The zero-order valence-electron chi connectivity index (χ0n) is 12.9. The van der Waals surface area contributed by atoms with E-state index >= 15 is 0 Å². The maximum absolute atomic E-state index is 12.2. The van der Waals surface area contributed by atoms with Crippen LogP contribution in [0.5, 0.6) is 0 Å². The summed E-state index contributed by atoms with van der Waals surface area (Å²) in [7, 11) is 0. The van der Waals surface area contributed by atoms with Gasteiger partial charge in [0.2, 0.25) is 5.91 Å². The molecule has 2 N–H and O–H groups in total. The van der Waals surface area contributed by atoms with Crippen LogP contribution < -0.4 is 5.32 Å². The van der Waals surface area contributed by atoms with Gasteiger partial charge in [-0.1, -0.05) is 29.8 Å². The molecule has 0 atom stereocenters. The number of hydrogen-bond donors (Lipinski definition) is 2. The molecule has 0 spiro atoms. The first-order chi connectivity index (χ1) is 12.0. The molecule has 0 saturated carbocycles. The van der Waals surface area contributed by atoms with Crippen molar-refractivity contribution in [3.8, 4) is 0 Å². The Morgan fingerprint density at radius 1 is 1.08 bits per heavy atom. The van der Waals surface area contributed by atoms with Gasteiger partial charge in [-0.3, -0.25) is 9.59 Å². The Morgan fingerprint density at radius 3 is 2.56 bits per heavy atom. The number of aliphatic carboxylic acids is 1. The lowest BCUT2D eigenvalue weighted by Crippen LogP contribution is -2.08. The molecule has 2 rings (SSSR count). The number of carbonyl (C=O) groups excluding carboxylic acids is 2. The summed E-state index contributed by atoms with van der Waals surface area (Å²) in [4.78, 5) is 35.0. The van der Waals surface area contributed by atoms with E-state index in [2.05, 4.69) is 5.32 Å². The van der Waals surface area contributed by atoms with Gasteiger partial charge in [0, 0.05) is 28.3 Å². The van der Waals surface area contributed by atoms with Crippen molar-refractivity contribution < 1.29 is 19.5 Å². The third-order valence-electron chi connectivity index (χ3n) is 3.02. The molecular formula is C18H14ClNO4S. The molecule has 0 radical (unpaired) electrons. The molecule has 0 aliphatic heterocycles. The number of hydrogen-bond acceptors (Lipinski definition) is 4. The number of halogens is 1. The lowest BCUT2D eigenvalue weighted by atomic mass is 10.1. The fraction of sp³-hybridized carbons (Fsp3) is 0.0556. The van der Waals surface area contributed by atoms with E-state index in [0.29, 0.717) is 16.3 Å². The average molecular weight is 376 g/mol. The zero-order valence-corrected chi connectivity index (χ0v) is 14.5. The van der Waals surface area contributed by atoms with Gasteiger partial charge in [0.25, 0.3) is 0 Å². The van der Waals surface area contributed by atoms with E-state index in [0.717, 1.165) is 17.0 Å². The number of rotatable bonds is 7. The first kappa shape index (κ1) is 18.8. The van der Waals surface area contributed by atoms with E-state index in [9.17, 15) is 14.4 Å². The predicted octanol–water partition coefficient (Wildman–Crippen LogP) is 3.89. The second kappa shape index (κ2) is 9.05. The van der Waals surface area contributed by atoms with Crippen molar-refractivity contribution >= 4 is 46.7 Å². The van der Waals surface area contributed by atoms with Gasteiger partial charge in [-0.25, -0.2) is 4.79 Å². The molecule has 0 aromatic heterocycles. The monoisotopic (exact) mass is 375 g/mol. The van der Waals surface area contributed by atoms with Crippen LogP contribution in [-0.2, 0) is 9.59 Å². The smallest absolute Gasteiger partial charge is 0.328 e. The van der Waals surface area contributed by atoms with Crippen LogP contribution in [0.15, 0.2) is 65.6 Å². The van der Waals surface area contributed by atoms with E-state index in [4.69, 9.17) is 16.7 Å². The number of anilines is 1. The predicted molar refractivity (Wildman–Crippen MR) is 98.4 cm³/mol. The van der Waals surface area contributed by atoms with E-state index < -0.39 is 11.9 Å². The average Bonchev–Trinajstić information content (AvgIpc) is 2.58. The van der Waals surface area contributed by atoms with Crippen LogP contribution in [0.3, 0.4) is 0 Å². The second-order valence-electron chi connectivity index (χ2n) is 4.88. The number of nitrogens with one attached hydrogen (secondary N) is 1. The largest absolute Gasteiger partial charge is 0.478 e. The molecule has 2 aromatic rings. The Hall–Kier alpha value is -2.57. The Kier molecular flexibility index (Phi) is 6.80. The van der Waals surface area contributed by atoms with Gasteiger partial charge >= 0.3 is 5.97 Å². The molecule has 2 aromatic carbocycles. The minimum atomic E-state index is -1.20. The fourth-order valence-electron chi connectivity index (χ4n) is 1.91. The highest BCUT2D eigenvalue weighted by molar-refractivity contribution is 8.00. The van der Waals surface area contributed by atoms with Crippen molar-refractivity contribution in [2.75, 3.05) is 11.1 Å².